The maximum atomic E-state index is 12.6. The van der Waals surface area contributed by atoms with E-state index in [1.54, 1.807) is 20.8 Å². The van der Waals surface area contributed by atoms with Gasteiger partial charge in [-0.3, -0.25) is 9.59 Å². The van der Waals surface area contributed by atoms with E-state index in [9.17, 15) is 24.3 Å². The van der Waals surface area contributed by atoms with Crippen molar-refractivity contribution in [3.05, 3.63) is 0 Å². The van der Waals surface area contributed by atoms with Gasteiger partial charge in [-0.1, -0.05) is 13.8 Å². The van der Waals surface area contributed by atoms with Crippen molar-refractivity contribution in [2.75, 3.05) is 6.54 Å². The fourth-order valence-electron chi connectivity index (χ4n) is 3.61. The number of amides is 3. The van der Waals surface area contributed by atoms with Gasteiger partial charge in [0.1, 0.15) is 11.6 Å². The number of carboxylic acids is 1. The van der Waals surface area contributed by atoms with Crippen molar-refractivity contribution >= 4 is 23.9 Å². The summed E-state index contributed by atoms with van der Waals surface area (Å²) >= 11 is 0. The van der Waals surface area contributed by atoms with Gasteiger partial charge in [0.25, 0.3) is 0 Å². The second kappa shape index (κ2) is 12.0. The molecule has 0 radical (unpaired) electrons. The largest absolute Gasteiger partial charge is 0.480 e. The Bertz CT molecular complexity index is 665. The lowest BCUT2D eigenvalue weighted by atomic mass is 9.81. The minimum Gasteiger partial charge on any atom is -0.480 e. The molecule has 10 nitrogen and oxygen atoms in total. The summed E-state index contributed by atoms with van der Waals surface area (Å²) in [5.41, 5.74) is -0.660. The number of aliphatic carboxylic acids is 1. The number of carbonyl (C=O) groups is 4. The highest BCUT2D eigenvalue weighted by molar-refractivity contribution is 5.86. The predicted octanol–water partition coefficient (Wildman–Crippen LogP) is 1.41. The molecule has 0 aromatic heterocycles. The first-order valence-electron chi connectivity index (χ1n) is 11.2. The van der Waals surface area contributed by atoms with Crippen LogP contribution in [0.4, 0.5) is 4.79 Å². The van der Waals surface area contributed by atoms with Gasteiger partial charge in [-0.2, -0.15) is 0 Å². The van der Waals surface area contributed by atoms with Crippen molar-refractivity contribution in [3.63, 3.8) is 0 Å². The molecule has 0 saturated heterocycles. The molecule has 0 bridgehead atoms. The second-order valence-corrected chi connectivity index (χ2v) is 9.90. The van der Waals surface area contributed by atoms with Crippen LogP contribution < -0.4 is 16.0 Å². The molecule has 5 N–H and O–H groups in total. The van der Waals surface area contributed by atoms with Gasteiger partial charge < -0.3 is 30.9 Å². The van der Waals surface area contributed by atoms with Crippen LogP contribution in [0.2, 0.25) is 0 Å². The fourth-order valence-corrected chi connectivity index (χ4v) is 3.61. The first-order chi connectivity index (χ1) is 14.7. The fraction of sp³-hybridized carbons (Fsp3) is 0.818. The molecule has 10 heteroatoms. The third-order valence-corrected chi connectivity index (χ3v) is 5.45. The molecule has 0 unspecified atom stereocenters. The number of ether oxygens (including phenoxy) is 1. The zero-order valence-corrected chi connectivity index (χ0v) is 19.9. The molecule has 1 aliphatic carbocycles. The predicted molar refractivity (Wildman–Crippen MR) is 118 cm³/mol. The van der Waals surface area contributed by atoms with E-state index in [1.165, 1.54) is 6.92 Å². The smallest absolute Gasteiger partial charge is 0.408 e. The quantitative estimate of drug-likeness (QED) is 0.351. The summed E-state index contributed by atoms with van der Waals surface area (Å²) in [5, 5.41) is 26.5. The van der Waals surface area contributed by atoms with Crippen LogP contribution in [0.1, 0.15) is 67.2 Å². The van der Waals surface area contributed by atoms with Gasteiger partial charge in [-0.25, -0.2) is 9.59 Å². The summed E-state index contributed by atoms with van der Waals surface area (Å²) in [6.45, 7) is 10.7. The number of nitrogens with one attached hydrogen (secondary N) is 3. The molecule has 1 rings (SSSR count). The maximum absolute atomic E-state index is 12.6. The summed E-state index contributed by atoms with van der Waals surface area (Å²) in [5.74, 6) is -2.19. The van der Waals surface area contributed by atoms with E-state index in [0.717, 1.165) is 0 Å². The molecule has 0 spiro atoms. The monoisotopic (exact) mass is 457 g/mol. The lowest BCUT2D eigenvalue weighted by Gasteiger charge is -2.30. The van der Waals surface area contributed by atoms with Crippen molar-refractivity contribution in [2.45, 2.75) is 91.0 Å². The molecule has 0 aromatic rings. The van der Waals surface area contributed by atoms with Gasteiger partial charge >= 0.3 is 12.1 Å². The lowest BCUT2D eigenvalue weighted by molar-refractivity contribution is -0.145. The third-order valence-electron chi connectivity index (χ3n) is 5.45. The second-order valence-electron chi connectivity index (χ2n) is 9.90. The number of rotatable bonds is 9. The normalized spacial score (nSPS) is 21.8. The average molecular weight is 458 g/mol. The molecule has 184 valence electrons. The van der Waals surface area contributed by atoms with E-state index in [-0.39, 0.29) is 29.6 Å². The highest BCUT2D eigenvalue weighted by Gasteiger charge is 2.32. The molecule has 3 amide bonds. The minimum atomic E-state index is -1.33. The van der Waals surface area contributed by atoms with Gasteiger partial charge in [0.15, 0.2) is 6.04 Å². The Morgan fingerprint density at radius 3 is 1.97 bits per heavy atom. The van der Waals surface area contributed by atoms with Crippen LogP contribution in [-0.4, -0.2) is 64.4 Å². The van der Waals surface area contributed by atoms with Crippen molar-refractivity contribution in [2.24, 2.45) is 17.8 Å². The van der Waals surface area contributed by atoms with Gasteiger partial charge in [0, 0.05) is 12.5 Å². The van der Waals surface area contributed by atoms with E-state index < -0.39 is 35.9 Å². The first kappa shape index (κ1) is 27.7. The van der Waals surface area contributed by atoms with Crippen molar-refractivity contribution in [1.29, 1.82) is 0 Å². The molecule has 0 aliphatic heterocycles. The van der Waals surface area contributed by atoms with Gasteiger partial charge in [-0.15, -0.1) is 0 Å². The Kier molecular flexibility index (Phi) is 10.4. The summed E-state index contributed by atoms with van der Waals surface area (Å²) in [6.07, 6.45) is 0.721. The first-order valence-corrected chi connectivity index (χ1v) is 11.2. The molecular weight excluding hydrogens is 418 g/mol. The van der Waals surface area contributed by atoms with Crippen LogP contribution in [0, 0.1) is 17.8 Å². The Labute approximate surface area is 189 Å². The number of hydrogen-bond acceptors (Lipinski definition) is 6. The Morgan fingerprint density at radius 2 is 1.53 bits per heavy atom. The molecule has 0 heterocycles. The van der Waals surface area contributed by atoms with E-state index in [1.807, 2.05) is 13.8 Å². The molecule has 1 fully saturated rings. The molecule has 3 atom stereocenters. The molecular formula is C22H39N3O7. The zero-order valence-electron chi connectivity index (χ0n) is 19.9. The van der Waals surface area contributed by atoms with E-state index in [4.69, 9.17) is 9.84 Å². The number of aliphatic hydroxyl groups is 1. The van der Waals surface area contributed by atoms with Crippen LogP contribution in [0.15, 0.2) is 0 Å². The molecule has 32 heavy (non-hydrogen) atoms. The summed E-state index contributed by atoms with van der Waals surface area (Å²) in [6, 6.07) is -2.05. The molecule has 0 aromatic carbocycles. The topological polar surface area (TPSA) is 154 Å². The van der Waals surface area contributed by atoms with Crippen LogP contribution in [-0.2, 0) is 19.1 Å². The van der Waals surface area contributed by atoms with Gasteiger partial charge in [-0.05, 0) is 65.2 Å². The van der Waals surface area contributed by atoms with Crippen molar-refractivity contribution in [1.82, 2.24) is 16.0 Å². The third kappa shape index (κ3) is 9.42. The number of hydrogen-bond donors (Lipinski definition) is 5. The van der Waals surface area contributed by atoms with Gasteiger partial charge in [0.2, 0.25) is 11.8 Å². The van der Waals surface area contributed by atoms with Crippen LogP contribution in [0.5, 0.6) is 0 Å². The van der Waals surface area contributed by atoms with E-state index in [2.05, 4.69) is 16.0 Å². The lowest BCUT2D eigenvalue weighted by Crippen LogP contribution is -2.52. The summed E-state index contributed by atoms with van der Waals surface area (Å²) in [7, 11) is 0. The standard InChI is InChI=1S/C22H39N3O7/c1-12(2)16(25-21(31)32-22(4,5)6)19(28)23-11-14-7-9-15(10-8-14)18(27)24-17(13(3)26)20(29)30/h12-17,26H,7-11H2,1-6H3,(H,23,28)(H,24,27)(H,25,31)(H,29,30)/t13-,14?,15?,16-,17+/m1/s1. The number of aliphatic hydroxyl groups excluding tert-OH is 1. The molecule has 1 aliphatic rings. The Hall–Kier alpha value is -2.36. The molecule has 1 saturated carbocycles. The number of alkyl carbamates (subject to hydrolysis) is 1. The van der Waals surface area contributed by atoms with E-state index in [0.29, 0.717) is 32.2 Å². The number of carboxylic acid groups (broad SMARTS) is 1. The number of carbonyl (C=O) groups excluding carboxylic acids is 3. The summed E-state index contributed by atoms with van der Waals surface area (Å²) in [4.78, 5) is 48.2. The maximum Gasteiger partial charge on any atom is 0.408 e. The van der Waals surface area contributed by atoms with Gasteiger partial charge in [0.05, 0.1) is 6.10 Å². The SMILES string of the molecule is CC(C)[C@@H](NC(=O)OC(C)(C)C)C(=O)NCC1CCC(C(=O)N[C@H](C(=O)O)[C@@H](C)O)CC1. The van der Waals surface area contributed by atoms with Crippen molar-refractivity contribution in [3.8, 4) is 0 Å². The van der Waals surface area contributed by atoms with Crippen LogP contribution >= 0.6 is 0 Å². The highest BCUT2D eigenvalue weighted by atomic mass is 16.6. The van der Waals surface area contributed by atoms with E-state index >= 15 is 0 Å². The minimum absolute atomic E-state index is 0.127. The zero-order chi connectivity index (χ0) is 24.6. The average Bonchev–Trinajstić information content (AvgIpc) is 2.66. The van der Waals surface area contributed by atoms with Crippen molar-refractivity contribution < 1.29 is 34.1 Å². The summed E-state index contributed by atoms with van der Waals surface area (Å²) < 4.78 is 5.23. The Balaban J connectivity index is 2.50. The van der Waals surface area contributed by atoms with Crippen LogP contribution in [0.3, 0.4) is 0 Å². The highest BCUT2D eigenvalue weighted by Crippen LogP contribution is 2.28. The Morgan fingerprint density at radius 1 is 0.969 bits per heavy atom. The van der Waals surface area contributed by atoms with Crippen LogP contribution in [0.25, 0.3) is 0 Å².